The Bertz CT molecular complexity index is 246. The molecule has 0 radical (unpaired) electrons. The minimum absolute atomic E-state index is 0.230. The molecule has 4 heteroatoms. The molecule has 0 aliphatic heterocycles. The van der Waals surface area contributed by atoms with Gasteiger partial charge in [0.2, 0.25) is 0 Å². The van der Waals surface area contributed by atoms with Crippen LogP contribution in [0.5, 0.6) is 5.75 Å². The average Bonchev–Trinajstić information content (AvgIpc) is 2.08. The van der Waals surface area contributed by atoms with Gasteiger partial charge in [0, 0.05) is 6.32 Å². The predicted octanol–water partition coefficient (Wildman–Crippen LogP) is 0.847. The van der Waals surface area contributed by atoms with Crippen molar-refractivity contribution < 1.29 is 14.8 Å². The lowest BCUT2D eigenvalue weighted by atomic mass is 9.87. The van der Waals surface area contributed by atoms with Gasteiger partial charge in [-0.3, -0.25) is 0 Å². The number of aryl methyl sites for hydroxylation is 1. The van der Waals surface area contributed by atoms with Gasteiger partial charge in [0.15, 0.2) is 0 Å². The number of ether oxygens (including phenoxy) is 1. The lowest BCUT2D eigenvalue weighted by Crippen LogP contribution is -2.14. The summed E-state index contributed by atoms with van der Waals surface area (Å²) in [5, 5.41) is 17.1. The molecular formula is C9H13BO3. The van der Waals surface area contributed by atoms with Gasteiger partial charge in [0.25, 0.3) is 0 Å². The van der Waals surface area contributed by atoms with E-state index >= 15 is 0 Å². The fourth-order valence-corrected chi connectivity index (χ4v) is 0.917. The summed E-state index contributed by atoms with van der Waals surface area (Å²) in [7, 11) is -1.29. The number of hydrogen-bond acceptors (Lipinski definition) is 3. The fraction of sp³-hybridized carbons (Fsp3) is 0.333. The first-order valence-electron chi connectivity index (χ1n) is 4.24. The number of hydrogen-bond donors (Lipinski definition) is 2. The molecule has 1 aromatic carbocycles. The molecule has 0 aliphatic carbocycles. The molecule has 0 atom stereocenters. The number of rotatable bonds is 4. The monoisotopic (exact) mass is 180 g/mol. The molecule has 0 amide bonds. The number of benzene rings is 1. The Morgan fingerprint density at radius 2 is 1.85 bits per heavy atom. The summed E-state index contributed by atoms with van der Waals surface area (Å²) in [6.07, 6.45) is 0.230. The summed E-state index contributed by atoms with van der Waals surface area (Å²) >= 11 is 0. The van der Waals surface area contributed by atoms with Gasteiger partial charge in [-0.1, -0.05) is 17.7 Å². The Labute approximate surface area is 78.1 Å². The summed E-state index contributed by atoms with van der Waals surface area (Å²) in [4.78, 5) is 0. The molecule has 13 heavy (non-hydrogen) atoms. The molecule has 0 fully saturated rings. The summed E-state index contributed by atoms with van der Waals surface area (Å²) in [5.41, 5.74) is 1.18. The van der Waals surface area contributed by atoms with Crippen molar-refractivity contribution in [1.29, 1.82) is 0 Å². The third-order valence-corrected chi connectivity index (χ3v) is 1.67. The van der Waals surface area contributed by atoms with E-state index in [1.807, 2.05) is 31.2 Å². The largest absolute Gasteiger partial charge is 0.494 e. The lowest BCUT2D eigenvalue weighted by Gasteiger charge is -2.05. The summed E-state index contributed by atoms with van der Waals surface area (Å²) in [5.74, 6) is 0.756. The maximum absolute atomic E-state index is 8.55. The van der Waals surface area contributed by atoms with Crippen LogP contribution in [-0.4, -0.2) is 23.8 Å². The highest BCUT2D eigenvalue weighted by Gasteiger charge is 2.05. The summed E-state index contributed by atoms with van der Waals surface area (Å²) in [6, 6.07) is 7.62. The van der Waals surface area contributed by atoms with Crippen molar-refractivity contribution in [2.24, 2.45) is 0 Å². The SMILES string of the molecule is Cc1ccc(OCCB(O)O)cc1. The molecule has 0 heterocycles. The molecule has 2 N–H and O–H groups in total. The maximum Gasteiger partial charge on any atom is 0.454 e. The first kappa shape index (κ1) is 10.1. The van der Waals surface area contributed by atoms with Gasteiger partial charge < -0.3 is 14.8 Å². The highest BCUT2D eigenvalue weighted by Crippen LogP contribution is 2.11. The highest BCUT2D eigenvalue weighted by molar-refractivity contribution is 6.41. The van der Waals surface area contributed by atoms with E-state index in [1.165, 1.54) is 5.56 Å². The Morgan fingerprint density at radius 3 is 2.38 bits per heavy atom. The standard InChI is InChI=1S/C9H13BO3/c1-8-2-4-9(5-3-8)13-7-6-10(11)12/h2-5,11-12H,6-7H2,1H3. The first-order chi connectivity index (χ1) is 6.18. The van der Waals surface area contributed by atoms with Crippen molar-refractivity contribution in [3.05, 3.63) is 29.8 Å². The van der Waals surface area contributed by atoms with Crippen molar-refractivity contribution in [3.8, 4) is 5.75 Å². The second-order valence-electron chi connectivity index (χ2n) is 2.93. The van der Waals surface area contributed by atoms with Gasteiger partial charge in [-0.25, -0.2) is 0 Å². The normalized spacial score (nSPS) is 9.77. The van der Waals surface area contributed by atoms with Crippen LogP contribution in [0.1, 0.15) is 5.56 Å². The van der Waals surface area contributed by atoms with Gasteiger partial charge in [-0.05, 0) is 19.1 Å². The highest BCUT2D eigenvalue weighted by atomic mass is 16.5. The molecule has 1 aromatic rings. The summed E-state index contributed by atoms with van der Waals surface area (Å²) < 4.78 is 5.25. The van der Waals surface area contributed by atoms with Crippen LogP contribution >= 0.6 is 0 Å². The molecular weight excluding hydrogens is 167 g/mol. The Morgan fingerprint density at radius 1 is 1.23 bits per heavy atom. The molecule has 0 saturated carbocycles. The Kier molecular flexibility index (Phi) is 3.80. The Hall–Kier alpha value is -0.995. The minimum Gasteiger partial charge on any atom is -0.494 e. The van der Waals surface area contributed by atoms with E-state index in [9.17, 15) is 0 Å². The average molecular weight is 180 g/mol. The molecule has 3 nitrogen and oxygen atoms in total. The molecule has 0 bridgehead atoms. The lowest BCUT2D eigenvalue weighted by molar-refractivity contribution is 0.317. The second kappa shape index (κ2) is 4.89. The van der Waals surface area contributed by atoms with E-state index in [0.29, 0.717) is 6.61 Å². The van der Waals surface area contributed by atoms with E-state index in [2.05, 4.69) is 0 Å². The van der Waals surface area contributed by atoms with Crippen molar-refractivity contribution >= 4 is 7.12 Å². The molecule has 0 aromatic heterocycles. The van der Waals surface area contributed by atoms with Gasteiger partial charge in [-0.2, -0.15) is 0 Å². The van der Waals surface area contributed by atoms with Crippen molar-refractivity contribution in [3.63, 3.8) is 0 Å². The molecule has 1 rings (SSSR count). The van der Waals surface area contributed by atoms with Crippen LogP contribution in [0.25, 0.3) is 0 Å². The summed E-state index contributed by atoms with van der Waals surface area (Å²) in [6.45, 7) is 2.32. The predicted molar refractivity (Wildman–Crippen MR) is 51.7 cm³/mol. The third-order valence-electron chi connectivity index (χ3n) is 1.67. The van der Waals surface area contributed by atoms with Crippen molar-refractivity contribution in [1.82, 2.24) is 0 Å². The van der Waals surface area contributed by atoms with E-state index in [4.69, 9.17) is 14.8 Å². The quantitative estimate of drug-likeness (QED) is 0.675. The zero-order valence-electron chi connectivity index (χ0n) is 7.60. The fourth-order valence-electron chi connectivity index (χ4n) is 0.917. The van der Waals surface area contributed by atoms with Crippen LogP contribution in [0, 0.1) is 6.92 Å². The molecule has 0 spiro atoms. The van der Waals surface area contributed by atoms with Crippen LogP contribution in [0.15, 0.2) is 24.3 Å². The zero-order chi connectivity index (χ0) is 9.68. The Balaban J connectivity index is 2.33. The minimum atomic E-state index is -1.29. The molecule has 70 valence electrons. The van der Waals surface area contributed by atoms with Crippen LogP contribution < -0.4 is 4.74 Å². The zero-order valence-corrected chi connectivity index (χ0v) is 7.60. The topological polar surface area (TPSA) is 49.7 Å². The van der Waals surface area contributed by atoms with Gasteiger partial charge >= 0.3 is 7.12 Å². The molecule has 0 aliphatic rings. The van der Waals surface area contributed by atoms with Gasteiger partial charge in [-0.15, -0.1) is 0 Å². The van der Waals surface area contributed by atoms with E-state index in [1.54, 1.807) is 0 Å². The van der Waals surface area contributed by atoms with Crippen molar-refractivity contribution in [2.45, 2.75) is 13.2 Å². The maximum atomic E-state index is 8.55. The van der Waals surface area contributed by atoms with Crippen LogP contribution in [0.4, 0.5) is 0 Å². The van der Waals surface area contributed by atoms with Gasteiger partial charge in [0.1, 0.15) is 5.75 Å². The van der Waals surface area contributed by atoms with Crippen LogP contribution in [-0.2, 0) is 0 Å². The molecule has 0 unspecified atom stereocenters. The molecule has 0 saturated heterocycles. The third kappa shape index (κ3) is 3.96. The van der Waals surface area contributed by atoms with E-state index in [0.717, 1.165) is 5.75 Å². The van der Waals surface area contributed by atoms with E-state index in [-0.39, 0.29) is 6.32 Å². The first-order valence-corrected chi connectivity index (χ1v) is 4.24. The van der Waals surface area contributed by atoms with E-state index < -0.39 is 7.12 Å². The van der Waals surface area contributed by atoms with Gasteiger partial charge in [0.05, 0.1) is 6.61 Å². The van der Waals surface area contributed by atoms with Crippen LogP contribution in [0.2, 0.25) is 6.32 Å². The second-order valence-corrected chi connectivity index (χ2v) is 2.93. The van der Waals surface area contributed by atoms with Crippen LogP contribution in [0.3, 0.4) is 0 Å². The van der Waals surface area contributed by atoms with Crippen molar-refractivity contribution in [2.75, 3.05) is 6.61 Å². The smallest absolute Gasteiger partial charge is 0.454 e.